The van der Waals surface area contributed by atoms with Crippen LogP contribution < -0.4 is 5.32 Å². The Balaban J connectivity index is 1.79. The molecule has 5 nitrogen and oxygen atoms in total. The van der Waals surface area contributed by atoms with Gasteiger partial charge in [-0.2, -0.15) is 0 Å². The normalized spacial score (nSPS) is 22.0. The van der Waals surface area contributed by atoms with Crippen molar-refractivity contribution in [2.24, 2.45) is 0 Å². The first kappa shape index (κ1) is 20.0. The van der Waals surface area contributed by atoms with Crippen LogP contribution in [0.2, 0.25) is 0 Å². The van der Waals surface area contributed by atoms with Gasteiger partial charge in [0.1, 0.15) is 5.82 Å². The number of hydrogen-bond donors (Lipinski definition) is 1. The van der Waals surface area contributed by atoms with Crippen LogP contribution >= 0.6 is 0 Å². The molecule has 2 aromatic rings. The maximum atomic E-state index is 13.5. The number of rotatable bonds is 6. The zero-order chi connectivity index (χ0) is 19.7. The van der Waals surface area contributed by atoms with Crippen molar-refractivity contribution in [1.82, 2.24) is 5.32 Å². The molecular formula is C19H22FNO4S2. The van der Waals surface area contributed by atoms with Crippen LogP contribution in [0.5, 0.6) is 0 Å². The van der Waals surface area contributed by atoms with Gasteiger partial charge in [0.2, 0.25) is 0 Å². The van der Waals surface area contributed by atoms with E-state index in [1.807, 2.05) is 30.3 Å². The summed E-state index contributed by atoms with van der Waals surface area (Å²) >= 11 is 0. The summed E-state index contributed by atoms with van der Waals surface area (Å²) in [5.74, 6) is -1.13. The van der Waals surface area contributed by atoms with Crippen molar-refractivity contribution >= 4 is 19.7 Å². The number of nitrogens with one attached hydrogen (secondary N) is 1. The van der Waals surface area contributed by atoms with Gasteiger partial charge in [-0.3, -0.25) is 0 Å². The molecule has 0 amide bonds. The summed E-state index contributed by atoms with van der Waals surface area (Å²) in [6.07, 6.45) is 0.666. The predicted molar refractivity (Wildman–Crippen MR) is 103 cm³/mol. The van der Waals surface area contributed by atoms with E-state index in [1.54, 1.807) is 0 Å². The Hall–Kier alpha value is -1.77. The molecule has 27 heavy (non-hydrogen) atoms. The minimum absolute atomic E-state index is 0.0432. The molecular weight excluding hydrogens is 389 g/mol. The maximum absolute atomic E-state index is 13.5. The van der Waals surface area contributed by atoms with E-state index in [-0.39, 0.29) is 16.2 Å². The fraction of sp³-hybridized carbons (Fsp3) is 0.368. The van der Waals surface area contributed by atoms with Crippen LogP contribution in [0.3, 0.4) is 0 Å². The third kappa shape index (κ3) is 4.56. The van der Waals surface area contributed by atoms with Crippen molar-refractivity contribution < 1.29 is 21.2 Å². The number of sulfone groups is 2. The lowest BCUT2D eigenvalue weighted by Crippen LogP contribution is -2.44. The number of aryl methyl sites for hydroxylation is 1. The number of halogens is 1. The monoisotopic (exact) mass is 411 g/mol. The van der Waals surface area contributed by atoms with Gasteiger partial charge in [0.25, 0.3) is 0 Å². The van der Waals surface area contributed by atoms with E-state index < -0.39 is 42.5 Å². The quantitative estimate of drug-likeness (QED) is 0.735. The molecule has 1 fully saturated rings. The van der Waals surface area contributed by atoms with Crippen molar-refractivity contribution in [3.05, 3.63) is 65.5 Å². The third-order valence-corrected chi connectivity index (χ3v) is 8.97. The van der Waals surface area contributed by atoms with Gasteiger partial charge in [-0.15, -0.1) is 0 Å². The molecule has 2 atom stereocenters. The highest BCUT2D eigenvalue weighted by Gasteiger charge is 2.45. The summed E-state index contributed by atoms with van der Waals surface area (Å²) < 4.78 is 63.7. The van der Waals surface area contributed by atoms with Gasteiger partial charge in [-0.25, -0.2) is 21.2 Å². The van der Waals surface area contributed by atoms with Crippen LogP contribution in [0.25, 0.3) is 0 Å². The summed E-state index contributed by atoms with van der Waals surface area (Å²) in [4.78, 5) is -0.0432. The first-order chi connectivity index (χ1) is 12.7. The van der Waals surface area contributed by atoms with Crippen LogP contribution in [0, 0.1) is 12.7 Å². The first-order valence-corrected chi connectivity index (χ1v) is 12.0. The molecule has 2 unspecified atom stereocenters. The Morgan fingerprint density at radius 3 is 2.48 bits per heavy atom. The standard InChI is InChI=1S/C19H22FNO4S2/c1-14-11-16(7-8-17(14)20)27(24,25)19-13-26(22,23)12-18(19)21-10-9-15-5-3-2-4-6-15/h2-8,11,18-19,21H,9-10,12-13H2,1H3. The van der Waals surface area contributed by atoms with Gasteiger partial charge in [0.05, 0.1) is 21.7 Å². The van der Waals surface area contributed by atoms with Gasteiger partial charge in [-0.05, 0) is 49.2 Å². The molecule has 1 N–H and O–H groups in total. The van der Waals surface area contributed by atoms with E-state index >= 15 is 0 Å². The summed E-state index contributed by atoms with van der Waals surface area (Å²) in [5, 5.41) is 2.02. The van der Waals surface area contributed by atoms with Gasteiger partial charge < -0.3 is 5.32 Å². The lowest BCUT2D eigenvalue weighted by atomic mass is 10.1. The van der Waals surface area contributed by atoms with E-state index in [0.29, 0.717) is 13.0 Å². The molecule has 0 aliphatic carbocycles. The SMILES string of the molecule is Cc1cc(S(=O)(=O)C2CS(=O)(=O)CC2NCCc2ccccc2)ccc1F. The maximum Gasteiger partial charge on any atom is 0.183 e. The second-order valence-electron chi connectivity index (χ2n) is 6.87. The second-order valence-corrected chi connectivity index (χ2v) is 11.2. The molecule has 1 heterocycles. The van der Waals surface area contributed by atoms with E-state index in [1.165, 1.54) is 19.1 Å². The highest BCUT2D eigenvalue weighted by Crippen LogP contribution is 2.27. The Labute approximate surface area is 159 Å². The topological polar surface area (TPSA) is 80.3 Å². The molecule has 0 spiro atoms. The Morgan fingerprint density at radius 2 is 1.81 bits per heavy atom. The lowest BCUT2D eigenvalue weighted by molar-refractivity contribution is 0.528. The average molecular weight is 412 g/mol. The fourth-order valence-corrected chi connectivity index (χ4v) is 8.13. The Morgan fingerprint density at radius 1 is 1.11 bits per heavy atom. The molecule has 8 heteroatoms. The summed E-state index contributed by atoms with van der Waals surface area (Å²) in [5.41, 5.74) is 1.30. The lowest BCUT2D eigenvalue weighted by Gasteiger charge is -2.20. The minimum Gasteiger partial charge on any atom is -0.311 e. The third-order valence-electron chi connectivity index (χ3n) is 4.82. The van der Waals surface area contributed by atoms with Crippen molar-refractivity contribution in [2.45, 2.75) is 29.5 Å². The van der Waals surface area contributed by atoms with Crippen LogP contribution in [0.1, 0.15) is 11.1 Å². The van der Waals surface area contributed by atoms with Crippen LogP contribution in [-0.4, -0.2) is 46.2 Å². The van der Waals surface area contributed by atoms with E-state index in [4.69, 9.17) is 0 Å². The molecule has 1 aliphatic rings. The fourth-order valence-electron chi connectivity index (χ4n) is 3.33. The highest BCUT2D eigenvalue weighted by atomic mass is 32.2. The molecule has 146 valence electrons. The smallest absolute Gasteiger partial charge is 0.183 e. The summed E-state index contributed by atoms with van der Waals surface area (Å²) in [6, 6.07) is 12.5. The average Bonchev–Trinajstić information content (AvgIpc) is 2.93. The molecule has 3 rings (SSSR count). The zero-order valence-electron chi connectivity index (χ0n) is 14.9. The van der Waals surface area contributed by atoms with Crippen LogP contribution in [0.15, 0.2) is 53.4 Å². The van der Waals surface area contributed by atoms with Crippen molar-refractivity contribution in [3.8, 4) is 0 Å². The molecule has 0 saturated carbocycles. The van der Waals surface area contributed by atoms with E-state index in [9.17, 15) is 21.2 Å². The molecule has 0 radical (unpaired) electrons. The second kappa shape index (κ2) is 7.69. The van der Waals surface area contributed by atoms with E-state index in [2.05, 4.69) is 5.32 Å². The number of hydrogen-bond acceptors (Lipinski definition) is 5. The number of benzene rings is 2. The van der Waals surface area contributed by atoms with Gasteiger partial charge in [-0.1, -0.05) is 30.3 Å². The molecule has 1 aliphatic heterocycles. The van der Waals surface area contributed by atoms with E-state index in [0.717, 1.165) is 11.6 Å². The predicted octanol–water partition coefficient (Wildman–Crippen LogP) is 1.91. The Bertz CT molecular complexity index is 1020. The van der Waals surface area contributed by atoms with Crippen LogP contribution in [-0.2, 0) is 26.1 Å². The molecule has 0 bridgehead atoms. The minimum atomic E-state index is -3.90. The van der Waals surface area contributed by atoms with Crippen molar-refractivity contribution in [1.29, 1.82) is 0 Å². The van der Waals surface area contributed by atoms with Gasteiger partial charge in [0.15, 0.2) is 19.7 Å². The van der Waals surface area contributed by atoms with Crippen molar-refractivity contribution in [2.75, 3.05) is 18.1 Å². The molecule has 2 aromatic carbocycles. The molecule has 1 saturated heterocycles. The first-order valence-electron chi connectivity index (χ1n) is 8.67. The summed E-state index contributed by atoms with van der Waals surface area (Å²) in [7, 11) is -7.37. The zero-order valence-corrected chi connectivity index (χ0v) is 16.6. The Kier molecular flexibility index (Phi) is 5.69. The highest BCUT2D eigenvalue weighted by molar-refractivity contribution is 7.96. The molecule has 0 aromatic heterocycles. The summed E-state index contributed by atoms with van der Waals surface area (Å²) in [6.45, 7) is 1.95. The van der Waals surface area contributed by atoms with Gasteiger partial charge in [0, 0.05) is 6.04 Å². The largest absolute Gasteiger partial charge is 0.311 e. The van der Waals surface area contributed by atoms with Crippen LogP contribution in [0.4, 0.5) is 4.39 Å². The van der Waals surface area contributed by atoms with Gasteiger partial charge >= 0.3 is 0 Å². The van der Waals surface area contributed by atoms with Crippen molar-refractivity contribution in [3.63, 3.8) is 0 Å².